The van der Waals surface area contributed by atoms with Gasteiger partial charge in [0.2, 0.25) is 6.29 Å². The van der Waals surface area contributed by atoms with Gasteiger partial charge in [0.25, 0.3) is 0 Å². The van der Waals surface area contributed by atoms with Crippen molar-refractivity contribution in [1.29, 1.82) is 0 Å². The summed E-state index contributed by atoms with van der Waals surface area (Å²) >= 11 is 0. The lowest BCUT2D eigenvalue weighted by molar-refractivity contribution is -0.348. The second-order valence-electron chi connectivity index (χ2n) is 8.86. The molecule has 9 atom stereocenters. The fourth-order valence-corrected chi connectivity index (χ4v) is 4.03. The number of aliphatic hydroxyl groups excluding tert-OH is 6. The lowest BCUT2D eigenvalue weighted by Crippen LogP contribution is -2.63. The molecule has 0 amide bonds. The summed E-state index contributed by atoms with van der Waals surface area (Å²) in [5.74, 6) is 0.123. The van der Waals surface area contributed by atoms with Crippen LogP contribution in [0.25, 0.3) is 12.2 Å². The molecule has 12 nitrogen and oxygen atoms in total. The van der Waals surface area contributed by atoms with E-state index in [1.54, 1.807) is 30.4 Å². The zero-order chi connectivity index (χ0) is 26.7. The number of aromatic hydroxyl groups is 2. The number of ether oxygens (including phenoxy) is 4. The van der Waals surface area contributed by atoms with Crippen molar-refractivity contribution in [3.05, 3.63) is 53.6 Å². The van der Waals surface area contributed by atoms with Crippen molar-refractivity contribution in [2.24, 2.45) is 0 Å². The van der Waals surface area contributed by atoms with E-state index in [9.17, 15) is 40.9 Å². The Kier molecular flexibility index (Phi) is 8.64. The number of hydrogen-bond donors (Lipinski definition) is 8. The molecular weight excluding hydrogens is 492 g/mol. The van der Waals surface area contributed by atoms with Crippen LogP contribution in [-0.4, -0.2) is 109 Å². The van der Waals surface area contributed by atoms with Crippen molar-refractivity contribution in [2.75, 3.05) is 13.2 Å². The van der Waals surface area contributed by atoms with E-state index >= 15 is 0 Å². The third-order valence-corrected chi connectivity index (χ3v) is 6.10. The molecule has 0 aromatic heterocycles. The summed E-state index contributed by atoms with van der Waals surface area (Å²) in [5.41, 5.74) is 1.34. The number of phenols is 2. The Morgan fingerprint density at radius 2 is 1.49 bits per heavy atom. The summed E-state index contributed by atoms with van der Waals surface area (Å²) in [7, 11) is 0. The Labute approximate surface area is 211 Å². The highest BCUT2D eigenvalue weighted by Gasteiger charge is 2.49. The molecule has 0 spiro atoms. The minimum absolute atomic E-state index is 0.126. The van der Waals surface area contributed by atoms with Gasteiger partial charge in [-0.1, -0.05) is 24.3 Å². The molecule has 2 aliphatic rings. The molecule has 202 valence electrons. The van der Waals surface area contributed by atoms with E-state index < -0.39 is 61.9 Å². The molecule has 0 saturated carbocycles. The van der Waals surface area contributed by atoms with E-state index in [0.717, 1.165) is 5.56 Å². The van der Waals surface area contributed by atoms with Crippen LogP contribution in [0.15, 0.2) is 42.5 Å². The van der Waals surface area contributed by atoms with E-state index in [0.29, 0.717) is 5.56 Å². The fraction of sp³-hybridized carbons (Fsp3) is 0.440. The monoisotopic (exact) mass is 522 g/mol. The topological polar surface area (TPSA) is 199 Å². The van der Waals surface area contributed by atoms with Crippen LogP contribution in [0.3, 0.4) is 0 Å². The predicted octanol–water partition coefficient (Wildman–Crippen LogP) is -1.09. The molecule has 2 saturated heterocycles. The number of hydrogen-bond acceptors (Lipinski definition) is 12. The Morgan fingerprint density at radius 1 is 0.784 bits per heavy atom. The maximum Gasteiger partial charge on any atom is 0.229 e. The highest BCUT2D eigenvalue weighted by Crippen LogP contribution is 2.30. The highest BCUT2D eigenvalue weighted by atomic mass is 16.8. The van der Waals surface area contributed by atoms with Crippen molar-refractivity contribution < 1.29 is 59.8 Å². The van der Waals surface area contributed by atoms with Gasteiger partial charge < -0.3 is 59.8 Å². The molecular formula is C25H30O12. The quantitative estimate of drug-likeness (QED) is 0.205. The summed E-state index contributed by atoms with van der Waals surface area (Å²) < 4.78 is 22.3. The molecule has 0 bridgehead atoms. The molecule has 8 N–H and O–H groups in total. The van der Waals surface area contributed by atoms with E-state index in [1.165, 1.54) is 24.3 Å². The molecule has 0 aliphatic carbocycles. The van der Waals surface area contributed by atoms with Crippen molar-refractivity contribution in [3.8, 4) is 17.2 Å². The molecule has 12 heteroatoms. The Hall–Kier alpha value is -2.78. The summed E-state index contributed by atoms with van der Waals surface area (Å²) in [6, 6.07) is 10.8. The summed E-state index contributed by atoms with van der Waals surface area (Å²) in [5, 5.41) is 80.0. The summed E-state index contributed by atoms with van der Waals surface area (Å²) in [6.45, 7) is -0.992. The Balaban J connectivity index is 1.52. The van der Waals surface area contributed by atoms with Gasteiger partial charge in [0.05, 0.1) is 13.2 Å². The normalized spacial score (nSPS) is 34.5. The van der Waals surface area contributed by atoms with Crippen molar-refractivity contribution in [3.63, 3.8) is 0 Å². The molecule has 0 radical (unpaired) electrons. The first-order valence-corrected chi connectivity index (χ1v) is 11.6. The first-order chi connectivity index (χ1) is 17.7. The van der Waals surface area contributed by atoms with Crippen LogP contribution < -0.4 is 4.74 Å². The predicted molar refractivity (Wildman–Crippen MR) is 126 cm³/mol. The number of phenolic OH excluding ortho intramolecular Hbond substituents is 2. The molecule has 2 aromatic carbocycles. The van der Waals surface area contributed by atoms with Gasteiger partial charge in [0.15, 0.2) is 12.4 Å². The molecule has 4 rings (SSSR count). The zero-order valence-electron chi connectivity index (χ0n) is 19.5. The van der Waals surface area contributed by atoms with E-state index in [2.05, 4.69) is 0 Å². The van der Waals surface area contributed by atoms with Crippen molar-refractivity contribution in [1.82, 2.24) is 0 Å². The highest BCUT2D eigenvalue weighted by molar-refractivity contribution is 5.71. The van der Waals surface area contributed by atoms with E-state index in [1.807, 2.05) is 0 Å². The van der Waals surface area contributed by atoms with Crippen LogP contribution in [0.1, 0.15) is 11.1 Å². The average molecular weight is 523 g/mol. The van der Waals surface area contributed by atoms with Crippen molar-refractivity contribution in [2.45, 2.75) is 55.3 Å². The first kappa shape index (κ1) is 27.3. The molecule has 37 heavy (non-hydrogen) atoms. The molecule has 2 aliphatic heterocycles. The standard InChI is InChI=1S/C25H30O12/c26-10-18-20(31)21(32)22(33)24(36-18)37-23-19(30)17(29)11-34-25(23)35-16-8-13(7-15(28)9-16)2-1-12-3-5-14(27)6-4-12/h1-9,17-33H,10-11H2/b2-1+/t17-,18-,19+,20-,21+,22-,23-,24+,25+/m1/s1. The second kappa shape index (κ2) is 11.7. The lowest BCUT2D eigenvalue weighted by Gasteiger charge is -2.44. The molecule has 2 heterocycles. The lowest BCUT2D eigenvalue weighted by atomic mass is 9.99. The molecule has 0 unspecified atom stereocenters. The summed E-state index contributed by atoms with van der Waals surface area (Å²) in [6.07, 6.45) is -10.2. The first-order valence-electron chi connectivity index (χ1n) is 11.6. The number of benzene rings is 2. The largest absolute Gasteiger partial charge is 0.508 e. The van der Waals surface area contributed by atoms with Crippen molar-refractivity contribution >= 4 is 12.2 Å². The van der Waals surface area contributed by atoms with Crippen LogP contribution in [0.2, 0.25) is 0 Å². The summed E-state index contributed by atoms with van der Waals surface area (Å²) in [4.78, 5) is 0. The number of rotatable bonds is 7. The SMILES string of the molecule is OC[C@H]1O[C@@H](O[C@H]2[C@H](Oc3cc(O)cc(/C=C/c4ccc(O)cc4)c3)OC[C@@H](O)[C@@H]2O)[C@H](O)[C@@H](O)[C@@H]1O. The zero-order valence-corrected chi connectivity index (χ0v) is 19.5. The fourth-order valence-electron chi connectivity index (χ4n) is 4.03. The van der Waals surface area contributed by atoms with Crippen LogP contribution in [0.4, 0.5) is 0 Å². The van der Waals surface area contributed by atoms with Gasteiger partial charge in [-0.2, -0.15) is 0 Å². The third-order valence-electron chi connectivity index (χ3n) is 6.10. The van der Waals surface area contributed by atoms with Gasteiger partial charge in [-0.3, -0.25) is 0 Å². The minimum atomic E-state index is -1.75. The van der Waals surface area contributed by atoms with Gasteiger partial charge >= 0.3 is 0 Å². The molecule has 2 aromatic rings. The van der Waals surface area contributed by atoms with Crippen LogP contribution in [0, 0.1) is 0 Å². The smallest absolute Gasteiger partial charge is 0.229 e. The van der Waals surface area contributed by atoms with Gasteiger partial charge in [-0.25, -0.2) is 0 Å². The van der Waals surface area contributed by atoms with E-state index in [-0.39, 0.29) is 23.9 Å². The van der Waals surface area contributed by atoms with Gasteiger partial charge in [0.1, 0.15) is 53.9 Å². The number of aliphatic hydroxyl groups is 6. The minimum Gasteiger partial charge on any atom is -0.508 e. The third kappa shape index (κ3) is 6.38. The van der Waals surface area contributed by atoms with Crippen LogP contribution in [0.5, 0.6) is 17.2 Å². The second-order valence-corrected chi connectivity index (χ2v) is 8.86. The molecule has 2 fully saturated rings. The average Bonchev–Trinajstić information content (AvgIpc) is 2.87. The van der Waals surface area contributed by atoms with Gasteiger partial charge in [-0.05, 0) is 35.4 Å². The Morgan fingerprint density at radius 3 is 2.19 bits per heavy atom. The Bertz CT molecular complexity index is 1060. The maximum atomic E-state index is 10.6. The van der Waals surface area contributed by atoms with Crippen LogP contribution in [-0.2, 0) is 14.2 Å². The van der Waals surface area contributed by atoms with Crippen LogP contribution >= 0.6 is 0 Å². The van der Waals surface area contributed by atoms with Gasteiger partial charge in [-0.15, -0.1) is 0 Å². The van der Waals surface area contributed by atoms with Gasteiger partial charge in [0, 0.05) is 6.07 Å². The maximum absolute atomic E-state index is 10.6. The van der Waals surface area contributed by atoms with E-state index in [4.69, 9.17) is 18.9 Å².